The molecular formula is C14H27ClN4. The number of hydrogen-bond donors (Lipinski definition) is 1. The predicted octanol–water partition coefficient (Wildman–Crippen LogP) is 2.32. The third-order valence-electron chi connectivity index (χ3n) is 3.79. The van der Waals surface area contributed by atoms with Crippen LogP contribution in [0.25, 0.3) is 0 Å². The van der Waals surface area contributed by atoms with Gasteiger partial charge in [0.05, 0.1) is 6.20 Å². The van der Waals surface area contributed by atoms with Crippen LogP contribution in [0.2, 0.25) is 0 Å². The molecule has 1 aromatic rings. The first-order valence-corrected chi connectivity index (χ1v) is 7.09. The maximum Gasteiger partial charge on any atom is 0.0534 e. The maximum atomic E-state index is 4.41. The Hall–Kier alpha value is -0.580. The first kappa shape index (κ1) is 16.5. The second-order valence-corrected chi connectivity index (χ2v) is 5.70. The van der Waals surface area contributed by atoms with Gasteiger partial charge in [-0.3, -0.25) is 9.58 Å². The SMILES string of the molecule is CNCC1CCN(Cc2cnn(C(C)C)c2)CC1.Cl. The third kappa shape index (κ3) is 4.79. The first-order valence-electron chi connectivity index (χ1n) is 7.09. The van der Waals surface area contributed by atoms with E-state index in [9.17, 15) is 0 Å². The third-order valence-corrected chi connectivity index (χ3v) is 3.79. The molecule has 0 aromatic carbocycles. The van der Waals surface area contributed by atoms with Gasteiger partial charge in [-0.15, -0.1) is 12.4 Å². The van der Waals surface area contributed by atoms with E-state index in [1.165, 1.54) is 38.0 Å². The molecule has 4 nitrogen and oxygen atoms in total. The highest BCUT2D eigenvalue weighted by molar-refractivity contribution is 5.85. The van der Waals surface area contributed by atoms with Gasteiger partial charge in [0.25, 0.3) is 0 Å². The molecule has 0 spiro atoms. The van der Waals surface area contributed by atoms with E-state index in [0.29, 0.717) is 6.04 Å². The molecule has 1 aliphatic heterocycles. The van der Waals surface area contributed by atoms with Gasteiger partial charge in [0.1, 0.15) is 0 Å². The van der Waals surface area contributed by atoms with Crippen LogP contribution in [0.4, 0.5) is 0 Å². The van der Waals surface area contributed by atoms with Gasteiger partial charge in [-0.2, -0.15) is 5.10 Å². The average Bonchev–Trinajstić information content (AvgIpc) is 2.81. The fourth-order valence-electron chi connectivity index (χ4n) is 2.64. The summed E-state index contributed by atoms with van der Waals surface area (Å²) in [7, 11) is 2.05. The second kappa shape index (κ2) is 7.88. The van der Waals surface area contributed by atoms with E-state index >= 15 is 0 Å². The molecule has 1 saturated heterocycles. The van der Waals surface area contributed by atoms with Crippen molar-refractivity contribution in [2.45, 2.75) is 39.3 Å². The molecule has 110 valence electrons. The predicted molar refractivity (Wildman–Crippen MR) is 81.8 cm³/mol. The molecule has 1 fully saturated rings. The van der Waals surface area contributed by atoms with Crippen LogP contribution in [-0.2, 0) is 6.54 Å². The van der Waals surface area contributed by atoms with Crippen LogP contribution in [0.15, 0.2) is 12.4 Å². The molecule has 0 radical (unpaired) electrons. The average molecular weight is 287 g/mol. The molecule has 2 rings (SSSR count). The van der Waals surface area contributed by atoms with E-state index in [4.69, 9.17) is 0 Å². The van der Waals surface area contributed by atoms with E-state index < -0.39 is 0 Å². The number of aromatic nitrogens is 2. The van der Waals surface area contributed by atoms with Gasteiger partial charge < -0.3 is 5.32 Å². The van der Waals surface area contributed by atoms with Crippen molar-refractivity contribution in [3.05, 3.63) is 18.0 Å². The molecule has 5 heteroatoms. The summed E-state index contributed by atoms with van der Waals surface area (Å²) in [6.07, 6.45) is 6.84. The van der Waals surface area contributed by atoms with Crippen LogP contribution in [0.5, 0.6) is 0 Å². The highest BCUT2D eigenvalue weighted by Crippen LogP contribution is 2.18. The van der Waals surface area contributed by atoms with E-state index in [2.05, 4.69) is 35.4 Å². The van der Waals surface area contributed by atoms with Crippen molar-refractivity contribution < 1.29 is 0 Å². The maximum absolute atomic E-state index is 4.41. The highest BCUT2D eigenvalue weighted by atomic mass is 35.5. The first-order chi connectivity index (χ1) is 8.69. The molecular weight excluding hydrogens is 260 g/mol. The summed E-state index contributed by atoms with van der Waals surface area (Å²) in [5, 5.41) is 7.69. The van der Waals surface area contributed by atoms with Crippen molar-refractivity contribution in [2.75, 3.05) is 26.7 Å². The molecule has 0 amide bonds. The molecule has 0 atom stereocenters. The van der Waals surface area contributed by atoms with Gasteiger partial charge in [0, 0.05) is 24.3 Å². The van der Waals surface area contributed by atoms with Gasteiger partial charge in [-0.25, -0.2) is 0 Å². The Balaban J connectivity index is 0.00000180. The van der Waals surface area contributed by atoms with Crippen molar-refractivity contribution in [1.82, 2.24) is 20.0 Å². The lowest BCUT2D eigenvalue weighted by Gasteiger charge is -2.31. The zero-order valence-electron chi connectivity index (χ0n) is 12.3. The van der Waals surface area contributed by atoms with Gasteiger partial charge in [-0.1, -0.05) is 0 Å². The number of piperidine rings is 1. The molecule has 0 unspecified atom stereocenters. The standard InChI is InChI=1S/C14H26N4.ClH/c1-12(2)18-11-14(9-16-18)10-17-6-4-13(5-7-17)8-15-3;/h9,11-13,15H,4-8,10H2,1-3H3;1H. The molecule has 0 bridgehead atoms. The summed E-state index contributed by atoms with van der Waals surface area (Å²) in [4.78, 5) is 2.55. The Morgan fingerprint density at radius 1 is 1.37 bits per heavy atom. The van der Waals surface area contributed by atoms with Crippen molar-refractivity contribution in [2.24, 2.45) is 5.92 Å². The summed E-state index contributed by atoms with van der Waals surface area (Å²) >= 11 is 0. The number of hydrogen-bond acceptors (Lipinski definition) is 3. The highest BCUT2D eigenvalue weighted by Gasteiger charge is 2.18. The van der Waals surface area contributed by atoms with E-state index in [0.717, 1.165) is 12.5 Å². The minimum atomic E-state index is 0. The van der Waals surface area contributed by atoms with Crippen LogP contribution < -0.4 is 5.32 Å². The fourth-order valence-corrected chi connectivity index (χ4v) is 2.64. The van der Waals surface area contributed by atoms with Crippen LogP contribution in [0, 0.1) is 5.92 Å². The summed E-state index contributed by atoms with van der Waals surface area (Å²) < 4.78 is 2.04. The van der Waals surface area contributed by atoms with Gasteiger partial charge in [-0.05, 0) is 59.3 Å². The summed E-state index contributed by atoms with van der Waals surface area (Å²) in [5.74, 6) is 0.865. The van der Waals surface area contributed by atoms with Gasteiger partial charge in [0.2, 0.25) is 0 Å². The van der Waals surface area contributed by atoms with Crippen molar-refractivity contribution >= 4 is 12.4 Å². The summed E-state index contributed by atoms with van der Waals surface area (Å²) in [5.41, 5.74) is 1.34. The Kier molecular flexibility index (Phi) is 6.83. The summed E-state index contributed by atoms with van der Waals surface area (Å²) in [6.45, 7) is 9.00. The fraction of sp³-hybridized carbons (Fsp3) is 0.786. The van der Waals surface area contributed by atoms with Gasteiger partial charge in [0.15, 0.2) is 0 Å². The van der Waals surface area contributed by atoms with E-state index in [-0.39, 0.29) is 12.4 Å². The number of nitrogens with zero attached hydrogens (tertiary/aromatic N) is 3. The topological polar surface area (TPSA) is 33.1 Å². The summed E-state index contributed by atoms with van der Waals surface area (Å²) in [6, 6.07) is 0.458. The normalized spacial score (nSPS) is 17.7. The zero-order chi connectivity index (χ0) is 13.0. The molecule has 19 heavy (non-hydrogen) atoms. The molecule has 2 heterocycles. The number of rotatable bonds is 5. The van der Waals surface area contributed by atoms with E-state index in [1.807, 2.05) is 17.9 Å². The minimum absolute atomic E-state index is 0. The second-order valence-electron chi connectivity index (χ2n) is 5.70. The molecule has 1 aromatic heterocycles. The van der Waals surface area contributed by atoms with Crippen LogP contribution in [0.3, 0.4) is 0 Å². The zero-order valence-corrected chi connectivity index (χ0v) is 13.1. The molecule has 0 aliphatic carbocycles. The van der Waals surface area contributed by atoms with Crippen molar-refractivity contribution in [1.29, 1.82) is 0 Å². The Labute approximate surface area is 123 Å². The Morgan fingerprint density at radius 2 is 2.05 bits per heavy atom. The lowest BCUT2D eigenvalue weighted by Crippen LogP contribution is -2.36. The van der Waals surface area contributed by atoms with Crippen molar-refractivity contribution in [3.8, 4) is 0 Å². The molecule has 0 saturated carbocycles. The Bertz CT molecular complexity index is 356. The lowest BCUT2D eigenvalue weighted by atomic mass is 9.97. The minimum Gasteiger partial charge on any atom is -0.319 e. The van der Waals surface area contributed by atoms with Crippen LogP contribution >= 0.6 is 12.4 Å². The lowest BCUT2D eigenvalue weighted by molar-refractivity contribution is 0.176. The number of likely N-dealkylation sites (tertiary alicyclic amines) is 1. The van der Waals surface area contributed by atoms with Crippen LogP contribution in [0.1, 0.15) is 38.3 Å². The largest absolute Gasteiger partial charge is 0.319 e. The molecule has 1 aliphatic rings. The van der Waals surface area contributed by atoms with Gasteiger partial charge >= 0.3 is 0 Å². The number of halogens is 1. The monoisotopic (exact) mass is 286 g/mol. The van der Waals surface area contributed by atoms with Crippen LogP contribution in [-0.4, -0.2) is 41.4 Å². The van der Waals surface area contributed by atoms with E-state index in [1.54, 1.807) is 0 Å². The number of nitrogens with one attached hydrogen (secondary N) is 1. The Morgan fingerprint density at radius 3 is 2.58 bits per heavy atom. The molecule has 1 N–H and O–H groups in total. The quantitative estimate of drug-likeness (QED) is 0.902. The smallest absolute Gasteiger partial charge is 0.0534 e. The van der Waals surface area contributed by atoms with Crippen molar-refractivity contribution in [3.63, 3.8) is 0 Å².